The molecule has 0 atom stereocenters. The lowest BCUT2D eigenvalue weighted by molar-refractivity contribution is -0.123. The smallest absolute Gasteiger partial charge is 0.234 e. The van der Waals surface area contributed by atoms with E-state index in [0.717, 1.165) is 38.0 Å². The van der Waals surface area contributed by atoms with Crippen molar-refractivity contribution in [2.45, 2.75) is 45.7 Å². The average molecular weight is 275 g/mol. The first-order valence-corrected chi connectivity index (χ1v) is 7.52. The van der Waals surface area contributed by atoms with Crippen LogP contribution in [0.2, 0.25) is 0 Å². The van der Waals surface area contributed by atoms with Crippen molar-refractivity contribution < 1.29 is 4.79 Å². The Morgan fingerprint density at radius 3 is 2.85 bits per heavy atom. The van der Waals surface area contributed by atoms with Gasteiger partial charge in [0, 0.05) is 24.8 Å². The molecule has 0 unspecified atom stereocenters. The monoisotopic (exact) mass is 275 g/mol. The summed E-state index contributed by atoms with van der Waals surface area (Å²) in [6.07, 6.45) is 2.91. The third-order valence-corrected chi connectivity index (χ3v) is 4.10. The zero-order valence-corrected chi connectivity index (χ0v) is 12.5. The largest absolute Gasteiger partial charge is 0.398 e. The molecule has 20 heavy (non-hydrogen) atoms. The molecule has 1 aliphatic rings. The van der Waals surface area contributed by atoms with Crippen LogP contribution in [0, 0.1) is 0 Å². The van der Waals surface area contributed by atoms with E-state index in [1.807, 2.05) is 12.1 Å². The first kappa shape index (κ1) is 14.9. The number of nitrogens with one attached hydrogen (secondary N) is 1. The van der Waals surface area contributed by atoms with Gasteiger partial charge in [0.2, 0.25) is 5.91 Å². The van der Waals surface area contributed by atoms with E-state index in [4.69, 9.17) is 5.73 Å². The van der Waals surface area contributed by atoms with E-state index >= 15 is 0 Å². The van der Waals surface area contributed by atoms with E-state index in [9.17, 15) is 4.79 Å². The fourth-order valence-corrected chi connectivity index (χ4v) is 2.80. The third-order valence-electron chi connectivity index (χ3n) is 4.10. The molecule has 0 aliphatic carbocycles. The zero-order valence-electron chi connectivity index (χ0n) is 12.5. The topological polar surface area (TPSA) is 58.4 Å². The van der Waals surface area contributed by atoms with Gasteiger partial charge in [-0.25, -0.2) is 0 Å². The van der Waals surface area contributed by atoms with Gasteiger partial charge >= 0.3 is 0 Å². The summed E-state index contributed by atoms with van der Waals surface area (Å²) < 4.78 is 0. The van der Waals surface area contributed by atoms with Crippen molar-refractivity contribution in [3.8, 4) is 0 Å². The molecule has 1 aromatic carbocycles. The molecule has 0 fully saturated rings. The van der Waals surface area contributed by atoms with E-state index in [2.05, 4.69) is 30.1 Å². The number of rotatable bonds is 5. The van der Waals surface area contributed by atoms with E-state index in [0.29, 0.717) is 12.6 Å². The van der Waals surface area contributed by atoms with E-state index in [1.54, 1.807) is 0 Å². The van der Waals surface area contributed by atoms with Crippen molar-refractivity contribution in [3.63, 3.8) is 0 Å². The molecule has 0 bridgehead atoms. The Balaban J connectivity index is 1.92. The number of benzene rings is 1. The van der Waals surface area contributed by atoms with Gasteiger partial charge in [0.25, 0.3) is 0 Å². The SMILES string of the molecule is CCC(CC)NC(=O)CN1CCc2c(N)cccc2C1. The molecule has 1 amide bonds. The first-order chi connectivity index (χ1) is 9.63. The minimum Gasteiger partial charge on any atom is -0.398 e. The molecule has 0 radical (unpaired) electrons. The first-order valence-electron chi connectivity index (χ1n) is 7.52. The van der Waals surface area contributed by atoms with Gasteiger partial charge in [-0.3, -0.25) is 9.69 Å². The number of nitrogens with two attached hydrogens (primary N) is 1. The molecule has 3 N–H and O–H groups in total. The van der Waals surface area contributed by atoms with Crippen LogP contribution in [0.5, 0.6) is 0 Å². The average Bonchev–Trinajstić information content (AvgIpc) is 2.45. The van der Waals surface area contributed by atoms with Crippen molar-refractivity contribution >= 4 is 11.6 Å². The maximum Gasteiger partial charge on any atom is 0.234 e. The molecule has 2 rings (SSSR count). The molecule has 1 aromatic rings. The Hall–Kier alpha value is -1.55. The second-order valence-electron chi connectivity index (χ2n) is 5.53. The van der Waals surface area contributed by atoms with Gasteiger partial charge < -0.3 is 11.1 Å². The van der Waals surface area contributed by atoms with Gasteiger partial charge in [-0.1, -0.05) is 26.0 Å². The second-order valence-corrected chi connectivity index (χ2v) is 5.53. The summed E-state index contributed by atoms with van der Waals surface area (Å²) >= 11 is 0. The summed E-state index contributed by atoms with van der Waals surface area (Å²) in [6, 6.07) is 6.35. The molecule has 1 aliphatic heterocycles. The zero-order chi connectivity index (χ0) is 14.5. The van der Waals surface area contributed by atoms with Crippen LogP contribution in [-0.4, -0.2) is 29.9 Å². The standard InChI is InChI=1S/C16H25N3O/c1-3-13(4-2)18-16(20)11-19-9-8-14-12(10-19)6-5-7-15(14)17/h5-7,13H,3-4,8-11,17H2,1-2H3,(H,18,20). The lowest BCUT2D eigenvalue weighted by Crippen LogP contribution is -2.43. The van der Waals surface area contributed by atoms with Crippen molar-refractivity contribution in [1.82, 2.24) is 10.2 Å². The maximum absolute atomic E-state index is 12.0. The Labute approximate surface area is 121 Å². The molecule has 110 valence electrons. The number of nitrogen functional groups attached to an aromatic ring is 1. The van der Waals surface area contributed by atoms with Gasteiger partial charge in [-0.15, -0.1) is 0 Å². The van der Waals surface area contributed by atoms with Crippen molar-refractivity contribution in [2.24, 2.45) is 0 Å². The van der Waals surface area contributed by atoms with Crippen LogP contribution in [0.4, 0.5) is 5.69 Å². The highest BCUT2D eigenvalue weighted by atomic mass is 16.2. The molecule has 4 heteroatoms. The van der Waals surface area contributed by atoms with Gasteiger partial charge in [-0.05, 0) is 36.5 Å². The quantitative estimate of drug-likeness (QED) is 0.807. The number of anilines is 1. The predicted octanol–water partition coefficient (Wildman–Crippen LogP) is 1.93. The summed E-state index contributed by atoms with van der Waals surface area (Å²) in [5, 5.41) is 3.09. The third kappa shape index (κ3) is 3.51. The van der Waals surface area contributed by atoms with Gasteiger partial charge in [0.15, 0.2) is 0 Å². The van der Waals surface area contributed by atoms with Crippen LogP contribution in [0.1, 0.15) is 37.8 Å². The van der Waals surface area contributed by atoms with E-state index in [1.165, 1.54) is 11.1 Å². The molecule has 0 saturated carbocycles. The molecule has 4 nitrogen and oxygen atoms in total. The molecule has 0 saturated heterocycles. The lowest BCUT2D eigenvalue weighted by atomic mass is 9.98. The highest BCUT2D eigenvalue weighted by Gasteiger charge is 2.20. The normalized spacial score (nSPS) is 15.2. The second kappa shape index (κ2) is 6.75. The molecule has 0 aromatic heterocycles. The Kier molecular flexibility index (Phi) is 5.01. The van der Waals surface area contributed by atoms with E-state index in [-0.39, 0.29) is 5.91 Å². The number of hydrogen-bond donors (Lipinski definition) is 2. The number of carbonyl (C=O) groups is 1. The Morgan fingerprint density at radius 2 is 2.15 bits per heavy atom. The molecular weight excluding hydrogens is 250 g/mol. The Bertz CT molecular complexity index is 469. The fraction of sp³-hybridized carbons (Fsp3) is 0.562. The van der Waals surface area contributed by atoms with Crippen molar-refractivity contribution in [1.29, 1.82) is 0 Å². The van der Waals surface area contributed by atoms with Gasteiger partial charge in [0.05, 0.1) is 6.54 Å². The number of fused-ring (bicyclic) bond motifs is 1. The maximum atomic E-state index is 12.0. The minimum absolute atomic E-state index is 0.131. The molecule has 0 spiro atoms. The van der Waals surface area contributed by atoms with Crippen LogP contribution in [-0.2, 0) is 17.8 Å². The van der Waals surface area contributed by atoms with Gasteiger partial charge in [-0.2, -0.15) is 0 Å². The van der Waals surface area contributed by atoms with Crippen molar-refractivity contribution in [2.75, 3.05) is 18.8 Å². The van der Waals surface area contributed by atoms with E-state index < -0.39 is 0 Å². The number of amides is 1. The van der Waals surface area contributed by atoms with Crippen LogP contribution in [0.25, 0.3) is 0 Å². The fourth-order valence-electron chi connectivity index (χ4n) is 2.80. The number of nitrogens with zero attached hydrogens (tertiary/aromatic N) is 1. The number of carbonyl (C=O) groups excluding carboxylic acids is 1. The van der Waals surface area contributed by atoms with Crippen LogP contribution < -0.4 is 11.1 Å². The highest BCUT2D eigenvalue weighted by Crippen LogP contribution is 2.23. The summed E-state index contributed by atoms with van der Waals surface area (Å²) in [7, 11) is 0. The summed E-state index contributed by atoms with van der Waals surface area (Å²) in [5.74, 6) is 0.131. The summed E-state index contributed by atoms with van der Waals surface area (Å²) in [4.78, 5) is 14.2. The van der Waals surface area contributed by atoms with Crippen molar-refractivity contribution in [3.05, 3.63) is 29.3 Å². The summed E-state index contributed by atoms with van der Waals surface area (Å²) in [6.45, 7) is 6.40. The molecular formula is C16H25N3O. The Morgan fingerprint density at radius 1 is 1.40 bits per heavy atom. The van der Waals surface area contributed by atoms with Crippen LogP contribution in [0.15, 0.2) is 18.2 Å². The van der Waals surface area contributed by atoms with Gasteiger partial charge in [0.1, 0.15) is 0 Å². The lowest BCUT2D eigenvalue weighted by Gasteiger charge is -2.29. The minimum atomic E-state index is 0.131. The van der Waals surface area contributed by atoms with Crippen LogP contribution >= 0.6 is 0 Å². The predicted molar refractivity (Wildman–Crippen MR) is 82.3 cm³/mol. The molecule has 1 heterocycles. The summed E-state index contributed by atoms with van der Waals surface area (Å²) in [5.41, 5.74) is 9.38. The number of hydrogen-bond acceptors (Lipinski definition) is 3. The highest BCUT2D eigenvalue weighted by molar-refractivity contribution is 5.78. The van der Waals surface area contributed by atoms with Crippen LogP contribution in [0.3, 0.4) is 0 Å².